The van der Waals surface area contributed by atoms with Crippen molar-refractivity contribution in [3.8, 4) is 0 Å². The van der Waals surface area contributed by atoms with E-state index in [1.165, 1.54) is 13.8 Å². The first-order chi connectivity index (χ1) is 9.02. The normalized spacial score (nSPS) is 33.4. The lowest BCUT2D eigenvalue weighted by atomic mass is 9.70. The van der Waals surface area contributed by atoms with E-state index < -0.39 is 21.6 Å². The van der Waals surface area contributed by atoms with Gasteiger partial charge in [-0.2, -0.15) is 8.42 Å². The van der Waals surface area contributed by atoms with Gasteiger partial charge < -0.3 is 0 Å². The number of ketones is 2. The minimum atomic E-state index is -3.90. The minimum Gasteiger partial charge on any atom is -0.299 e. The Hall–Kier alpha value is -0.750. The summed E-state index contributed by atoms with van der Waals surface area (Å²) in [6.45, 7) is 6.64. The molecule has 2 bridgehead atoms. The van der Waals surface area contributed by atoms with Crippen molar-refractivity contribution in [1.82, 2.24) is 0 Å². The lowest BCUT2D eigenvalue weighted by molar-refractivity contribution is -0.128. The number of Topliss-reactive ketones (excluding diaryl/α,β-unsaturated/α-hetero) is 2. The molecule has 5 nitrogen and oxygen atoms in total. The van der Waals surface area contributed by atoms with Crippen LogP contribution in [0.25, 0.3) is 0 Å². The van der Waals surface area contributed by atoms with Crippen molar-refractivity contribution in [1.29, 1.82) is 0 Å². The first-order valence-corrected chi connectivity index (χ1v) is 8.54. The van der Waals surface area contributed by atoms with Crippen molar-refractivity contribution < 1.29 is 22.2 Å². The number of hydrogen-bond donors (Lipinski definition) is 0. The van der Waals surface area contributed by atoms with Crippen molar-refractivity contribution >= 4 is 21.7 Å². The third-order valence-electron chi connectivity index (χ3n) is 5.43. The molecule has 2 rings (SSSR count). The van der Waals surface area contributed by atoms with Crippen LogP contribution in [0.3, 0.4) is 0 Å². The maximum absolute atomic E-state index is 12.3. The van der Waals surface area contributed by atoms with Gasteiger partial charge in [0.1, 0.15) is 11.9 Å². The highest BCUT2D eigenvalue weighted by Crippen LogP contribution is 2.64. The quantitative estimate of drug-likeness (QED) is 0.722. The lowest BCUT2D eigenvalue weighted by Gasteiger charge is -2.36. The number of fused-ring (bicyclic) bond motifs is 2. The van der Waals surface area contributed by atoms with Crippen LogP contribution in [-0.2, 0) is 23.9 Å². The van der Waals surface area contributed by atoms with E-state index in [2.05, 4.69) is 0 Å². The van der Waals surface area contributed by atoms with Gasteiger partial charge in [-0.05, 0) is 38.0 Å². The molecule has 0 spiro atoms. The summed E-state index contributed by atoms with van der Waals surface area (Å²) in [4.78, 5) is 23.4. The zero-order chi connectivity index (χ0) is 15.3. The Morgan fingerprint density at radius 3 is 2.45 bits per heavy atom. The first kappa shape index (κ1) is 15.6. The third kappa shape index (κ3) is 2.22. The summed E-state index contributed by atoms with van der Waals surface area (Å²) < 4.78 is 29.3. The highest BCUT2D eigenvalue weighted by Gasteiger charge is 2.65. The minimum absolute atomic E-state index is 0.0291. The van der Waals surface area contributed by atoms with Crippen LogP contribution in [0.2, 0.25) is 0 Å². The second kappa shape index (κ2) is 4.63. The molecular weight excluding hydrogens is 280 g/mol. The van der Waals surface area contributed by atoms with E-state index >= 15 is 0 Å². The van der Waals surface area contributed by atoms with Gasteiger partial charge in [-0.3, -0.25) is 13.8 Å². The van der Waals surface area contributed by atoms with E-state index in [-0.39, 0.29) is 28.7 Å². The maximum Gasteiger partial charge on any atom is 0.269 e. The molecule has 2 saturated carbocycles. The van der Waals surface area contributed by atoms with Gasteiger partial charge in [0.05, 0.1) is 11.2 Å². The lowest BCUT2D eigenvalue weighted by Crippen LogP contribution is -2.43. The predicted molar refractivity (Wildman–Crippen MR) is 73.6 cm³/mol. The predicted octanol–water partition coefficient (Wildman–Crippen LogP) is 1.71. The van der Waals surface area contributed by atoms with E-state index in [9.17, 15) is 18.0 Å². The fraction of sp³-hybridized carbons (Fsp3) is 0.857. The van der Waals surface area contributed by atoms with Gasteiger partial charge in [0.2, 0.25) is 0 Å². The fourth-order valence-electron chi connectivity index (χ4n) is 3.73. The molecule has 6 heteroatoms. The largest absolute Gasteiger partial charge is 0.299 e. The van der Waals surface area contributed by atoms with Gasteiger partial charge in [-0.15, -0.1) is 0 Å². The third-order valence-corrected chi connectivity index (χ3v) is 6.85. The molecule has 0 radical (unpaired) electrons. The van der Waals surface area contributed by atoms with Crippen molar-refractivity contribution in [2.75, 3.05) is 5.75 Å². The number of hydrogen-bond acceptors (Lipinski definition) is 5. The standard InChI is InChI=1S/C14H22O5S/c1-9(15)10(2)19-20(17,18)8-14-6-5-11(7-12(14)16)13(14,3)4/h10-11H,5-8H2,1-4H3/t10?,11-,14-/m1/s1. The molecule has 3 atom stereocenters. The highest BCUT2D eigenvalue weighted by molar-refractivity contribution is 7.86. The summed E-state index contributed by atoms with van der Waals surface area (Å²) in [6, 6.07) is 0. The van der Waals surface area contributed by atoms with E-state index in [4.69, 9.17) is 4.18 Å². The van der Waals surface area contributed by atoms with Gasteiger partial charge >= 0.3 is 0 Å². The van der Waals surface area contributed by atoms with Crippen LogP contribution in [0.15, 0.2) is 0 Å². The van der Waals surface area contributed by atoms with Crippen LogP contribution in [0.4, 0.5) is 0 Å². The van der Waals surface area contributed by atoms with Crippen molar-refractivity contribution in [2.45, 2.75) is 53.1 Å². The van der Waals surface area contributed by atoms with Gasteiger partial charge in [0, 0.05) is 6.42 Å². The average molecular weight is 302 g/mol. The van der Waals surface area contributed by atoms with Gasteiger partial charge in [-0.25, -0.2) is 0 Å². The van der Waals surface area contributed by atoms with E-state index in [0.717, 1.165) is 6.42 Å². The smallest absolute Gasteiger partial charge is 0.269 e. The maximum atomic E-state index is 12.3. The van der Waals surface area contributed by atoms with E-state index in [1.807, 2.05) is 13.8 Å². The second-order valence-electron chi connectivity index (χ2n) is 6.72. The molecule has 20 heavy (non-hydrogen) atoms. The van der Waals surface area contributed by atoms with Gasteiger partial charge in [0.25, 0.3) is 10.1 Å². The molecule has 2 aliphatic rings. The molecule has 0 aliphatic heterocycles. The van der Waals surface area contributed by atoms with Crippen LogP contribution in [0.1, 0.15) is 47.0 Å². The molecule has 2 fully saturated rings. The van der Waals surface area contributed by atoms with Crippen LogP contribution >= 0.6 is 0 Å². The number of carbonyl (C=O) groups is 2. The topological polar surface area (TPSA) is 77.5 Å². The van der Waals surface area contributed by atoms with Crippen LogP contribution in [-0.4, -0.2) is 31.8 Å². The summed E-state index contributed by atoms with van der Waals surface area (Å²) in [7, 11) is -3.90. The second-order valence-corrected chi connectivity index (χ2v) is 8.31. The molecular formula is C14H22O5S. The van der Waals surface area contributed by atoms with Crippen LogP contribution in [0.5, 0.6) is 0 Å². The average Bonchev–Trinajstić information content (AvgIpc) is 2.61. The Kier molecular flexibility index (Phi) is 3.62. The zero-order valence-electron chi connectivity index (χ0n) is 12.4. The molecule has 0 saturated heterocycles. The van der Waals surface area contributed by atoms with Crippen molar-refractivity contribution in [2.24, 2.45) is 16.7 Å². The van der Waals surface area contributed by atoms with E-state index in [1.54, 1.807) is 0 Å². The molecule has 0 amide bonds. The fourth-order valence-corrected chi connectivity index (χ4v) is 5.66. The van der Waals surface area contributed by atoms with Crippen LogP contribution in [0, 0.1) is 16.7 Å². The van der Waals surface area contributed by atoms with Gasteiger partial charge in [0.15, 0.2) is 5.78 Å². The summed E-state index contributed by atoms with van der Waals surface area (Å²) in [5.74, 6) is -0.357. The Balaban J connectivity index is 2.24. The summed E-state index contributed by atoms with van der Waals surface area (Å²) in [5, 5.41) is 0. The molecule has 114 valence electrons. The molecule has 0 aromatic rings. The Labute approximate surface area is 120 Å². The molecule has 0 heterocycles. The summed E-state index contributed by atoms with van der Waals surface area (Å²) >= 11 is 0. The highest BCUT2D eigenvalue weighted by atomic mass is 32.2. The number of carbonyl (C=O) groups excluding carboxylic acids is 2. The Morgan fingerprint density at radius 1 is 1.45 bits per heavy atom. The Bertz CT molecular complexity index is 548. The van der Waals surface area contributed by atoms with Crippen LogP contribution < -0.4 is 0 Å². The zero-order valence-corrected chi connectivity index (χ0v) is 13.2. The summed E-state index contributed by atoms with van der Waals surface area (Å²) in [5.41, 5.74) is -1.16. The molecule has 2 aliphatic carbocycles. The number of rotatable bonds is 5. The summed E-state index contributed by atoms with van der Waals surface area (Å²) in [6.07, 6.45) is 0.954. The van der Waals surface area contributed by atoms with Crippen molar-refractivity contribution in [3.05, 3.63) is 0 Å². The first-order valence-electron chi connectivity index (χ1n) is 6.96. The Morgan fingerprint density at radius 2 is 2.05 bits per heavy atom. The molecule has 0 aromatic heterocycles. The monoisotopic (exact) mass is 302 g/mol. The SMILES string of the molecule is CC(=O)C(C)OS(=O)(=O)C[C@]12CC[C@H](CC1=O)C2(C)C. The van der Waals surface area contributed by atoms with Gasteiger partial charge in [-0.1, -0.05) is 13.8 Å². The molecule has 1 unspecified atom stereocenters. The molecule has 0 aromatic carbocycles. The van der Waals surface area contributed by atoms with Crippen molar-refractivity contribution in [3.63, 3.8) is 0 Å². The molecule has 0 N–H and O–H groups in total. The van der Waals surface area contributed by atoms with E-state index in [0.29, 0.717) is 12.8 Å².